The van der Waals surface area contributed by atoms with Crippen molar-refractivity contribution >= 4 is 10.9 Å². The van der Waals surface area contributed by atoms with E-state index in [4.69, 9.17) is 0 Å². The Kier molecular flexibility index (Phi) is 2.22. The molecule has 0 fully saturated rings. The highest BCUT2D eigenvalue weighted by Gasteiger charge is 2.32. The molecule has 1 heterocycles. The molecule has 2 rings (SSSR count). The molecule has 0 saturated carbocycles. The van der Waals surface area contributed by atoms with Gasteiger partial charge in [0.1, 0.15) is 11.5 Å². The molecule has 0 aliphatic rings. The molecule has 84 valence electrons. The molecule has 1 N–H and O–H groups in total. The number of H-pyrrole nitrogens is 1. The summed E-state index contributed by atoms with van der Waals surface area (Å²) in [6, 6.07) is 3.40. The van der Waals surface area contributed by atoms with Gasteiger partial charge in [-0.3, -0.25) is 4.79 Å². The van der Waals surface area contributed by atoms with Crippen LogP contribution in [0.25, 0.3) is 10.9 Å². The van der Waals surface area contributed by atoms with Crippen LogP contribution in [0, 0.1) is 5.82 Å². The van der Waals surface area contributed by atoms with Gasteiger partial charge in [0.05, 0.1) is 0 Å². The summed E-state index contributed by atoms with van der Waals surface area (Å²) in [6.45, 7) is 0. The van der Waals surface area contributed by atoms with Crippen molar-refractivity contribution < 1.29 is 17.6 Å². The van der Waals surface area contributed by atoms with E-state index in [1.807, 2.05) is 4.98 Å². The molecule has 16 heavy (non-hydrogen) atoms. The zero-order valence-corrected chi connectivity index (χ0v) is 7.73. The van der Waals surface area contributed by atoms with Gasteiger partial charge in [-0.1, -0.05) is 0 Å². The first-order valence-corrected chi connectivity index (χ1v) is 4.28. The highest BCUT2D eigenvalue weighted by atomic mass is 19.4. The summed E-state index contributed by atoms with van der Waals surface area (Å²) in [5, 5.41) is -0.104. The third kappa shape index (κ3) is 1.78. The van der Waals surface area contributed by atoms with Crippen LogP contribution in [0.1, 0.15) is 5.69 Å². The molecular weight excluding hydrogens is 226 g/mol. The monoisotopic (exact) mass is 231 g/mol. The molecule has 0 atom stereocenters. The van der Waals surface area contributed by atoms with Crippen molar-refractivity contribution in [2.45, 2.75) is 6.18 Å². The summed E-state index contributed by atoms with van der Waals surface area (Å²) < 4.78 is 49.8. The summed E-state index contributed by atoms with van der Waals surface area (Å²) in [7, 11) is 0. The lowest BCUT2D eigenvalue weighted by Gasteiger charge is -2.07. The average Bonchev–Trinajstić information content (AvgIpc) is 2.17. The first kappa shape index (κ1) is 10.7. The second-order valence-electron chi connectivity index (χ2n) is 3.23. The van der Waals surface area contributed by atoms with E-state index in [1.54, 1.807) is 0 Å². The third-order valence-corrected chi connectivity index (χ3v) is 2.10. The van der Waals surface area contributed by atoms with E-state index in [9.17, 15) is 22.4 Å². The molecule has 0 aliphatic carbocycles. The van der Waals surface area contributed by atoms with E-state index < -0.39 is 23.1 Å². The van der Waals surface area contributed by atoms with Crippen molar-refractivity contribution in [2.75, 3.05) is 0 Å². The van der Waals surface area contributed by atoms with Crippen molar-refractivity contribution in [3.63, 3.8) is 0 Å². The predicted octanol–water partition coefficient (Wildman–Crippen LogP) is 2.69. The Morgan fingerprint density at radius 3 is 2.44 bits per heavy atom. The average molecular weight is 231 g/mol. The Morgan fingerprint density at radius 1 is 1.12 bits per heavy atom. The fourth-order valence-electron chi connectivity index (χ4n) is 1.37. The number of pyridine rings is 1. The molecule has 1 aromatic heterocycles. The van der Waals surface area contributed by atoms with E-state index in [0.717, 1.165) is 18.2 Å². The second-order valence-corrected chi connectivity index (χ2v) is 3.23. The molecule has 0 bridgehead atoms. The van der Waals surface area contributed by atoms with Gasteiger partial charge < -0.3 is 4.98 Å². The van der Waals surface area contributed by atoms with E-state index in [1.165, 1.54) is 0 Å². The molecule has 1 aromatic carbocycles. The molecule has 0 spiro atoms. The number of alkyl halides is 3. The molecule has 2 aromatic rings. The van der Waals surface area contributed by atoms with Crippen LogP contribution in [0.2, 0.25) is 0 Å². The van der Waals surface area contributed by atoms with Gasteiger partial charge in [0.2, 0.25) is 0 Å². The zero-order valence-electron chi connectivity index (χ0n) is 7.73. The van der Waals surface area contributed by atoms with E-state index in [2.05, 4.69) is 0 Å². The lowest BCUT2D eigenvalue weighted by molar-refractivity contribution is -0.141. The fraction of sp³-hybridized carbons (Fsp3) is 0.100. The summed E-state index contributed by atoms with van der Waals surface area (Å²) >= 11 is 0. The van der Waals surface area contributed by atoms with E-state index in [0.29, 0.717) is 6.07 Å². The SMILES string of the molecule is O=c1cc(C(F)(F)F)[nH]c2ccc(F)cc12. The maximum atomic E-state index is 12.8. The van der Waals surface area contributed by atoms with E-state index in [-0.39, 0.29) is 10.9 Å². The van der Waals surface area contributed by atoms with Gasteiger partial charge in [0.25, 0.3) is 0 Å². The first-order chi connectivity index (χ1) is 7.38. The van der Waals surface area contributed by atoms with Crippen molar-refractivity contribution in [3.05, 3.63) is 46.0 Å². The molecule has 0 saturated heterocycles. The standard InChI is InChI=1S/C10H5F4NO/c11-5-1-2-7-6(3-5)8(16)4-9(15-7)10(12,13)14/h1-4H,(H,15,16). The minimum Gasteiger partial charge on any atom is -0.351 e. The first-order valence-electron chi connectivity index (χ1n) is 4.28. The Labute approximate surface area is 86.5 Å². The van der Waals surface area contributed by atoms with Crippen LogP contribution in [-0.4, -0.2) is 4.98 Å². The van der Waals surface area contributed by atoms with Crippen LogP contribution in [0.3, 0.4) is 0 Å². The Bertz CT molecular complexity index is 600. The minimum atomic E-state index is -4.62. The summed E-state index contributed by atoms with van der Waals surface area (Å²) in [6.07, 6.45) is -4.62. The van der Waals surface area contributed by atoms with Crippen LogP contribution >= 0.6 is 0 Å². The van der Waals surface area contributed by atoms with Gasteiger partial charge in [-0.15, -0.1) is 0 Å². The van der Waals surface area contributed by atoms with Crippen molar-refractivity contribution in [1.82, 2.24) is 4.98 Å². The molecule has 0 aliphatic heterocycles. The Morgan fingerprint density at radius 2 is 1.81 bits per heavy atom. The number of hydrogen-bond donors (Lipinski definition) is 1. The lowest BCUT2D eigenvalue weighted by Crippen LogP contribution is -2.13. The minimum absolute atomic E-state index is 0.0405. The third-order valence-electron chi connectivity index (χ3n) is 2.10. The molecule has 0 amide bonds. The Hall–Kier alpha value is -1.85. The maximum Gasteiger partial charge on any atom is 0.431 e. The van der Waals surface area contributed by atoms with Crippen LogP contribution < -0.4 is 5.43 Å². The number of nitrogens with one attached hydrogen (secondary N) is 1. The van der Waals surface area contributed by atoms with Gasteiger partial charge in [-0.05, 0) is 18.2 Å². The second kappa shape index (κ2) is 3.33. The molecule has 0 unspecified atom stereocenters. The van der Waals surface area contributed by atoms with Crippen molar-refractivity contribution in [3.8, 4) is 0 Å². The summed E-state index contributed by atoms with van der Waals surface area (Å²) in [5.41, 5.74) is -2.04. The quantitative estimate of drug-likeness (QED) is 0.694. The van der Waals surface area contributed by atoms with Crippen molar-refractivity contribution in [1.29, 1.82) is 0 Å². The fourth-order valence-corrected chi connectivity index (χ4v) is 1.37. The summed E-state index contributed by atoms with van der Waals surface area (Å²) in [4.78, 5) is 13.4. The van der Waals surface area contributed by atoms with Gasteiger partial charge in [-0.25, -0.2) is 4.39 Å². The van der Waals surface area contributed by atoms with Gasteiger partial charge in [-0.2, -0.15) is 13.2 Å². The van der Waals surface area contributed by atoms with Gasteiger partial charge >= 0.3 is 6.18 Å². The van der Waals surface area contributed by atoms with Crippen LogP contribution in [0.4, 0.5) is 17.6 Å². The maximum absolute atomic E-state index is 12.8. The van der Waals surface area contributed by atoms with Crippen LogP contribution in [0.5, 0.6) is 0 Å². The zero-order chi connectivity index (χ0) is 11.9. The molecule has 0 radical (unpaired) electrons. The number of aromatic nitrogens is 1. The van der Waals surface area contributed by atoms with Crippen LogP contribution in [-0.2, 0) is 6.18 Å². The predicted molar refractivity (Wildman–Crippen MR) is 49.5 cm³/mol. The lowest BCUT2D eigenvalue weighted by atomic mass is 10.2. The number of halogens is 4. The molecule has 2 nitrogen and oxygen atoms in total. The van der Waals surface area contributed by atoms with Crippen LogP contribution in [0.15, 0.2) is 29.1 Å². The van der Waals surface area contributed by atoms with Gasteiger partial charge in [0, 0.05) is 17.0 Å². The number of aromatic amines is 1. The van der Waals surface area contributed by atoms with Crippen molar-refractivity contribution in [2.24, 2.45) is 0 Å². The highest BCUT2D eigenvalue weighted by molar-refractivity contribution is 5.78. The van der Waals surface area contributed by atoms with Gasteiger partial charge in [0.15, 0.2) is 5.43 Å². The highest BCUT2D eigenvalue weighted by Crippen LogP contribution is 2.27. The largest absolute Gasteiger partial charge is 0.431 e. The number of hydrogen-bond acceptors (Lipinski definition) is 1. The smallest absolute Gasteiger partial charge is 0.351 e. The Balaban J connectivity index is 2.79. The number of benzene rings is 1. The number of rotatable bonds is 0. The topological polar surface area (TPSA) is 32.9 Å². The summed E-state index contributed by atoms with van der Waals surface area (Å²) in [5.74, 6) is -0.669. The van der Waals surface area contributed by atoms with E-state index >= 15 is 0 Å². The number of fused-ring (bicyclic) bond motifs is 1. The molecule has 6 heteroatoms. The molecular formula is C10H5F4NO. The normalized spacial score (nSPS) is 12.0.